The van der Waals surface area contributed by atoms with Gasteiger partial charge in [-0.2, -0.15) is 4.68 Å². The van der Waals surface area contributed by atoms with Gasteiger partial charge in [0, 0.05) is 0 Å². The summed E-state index contributed by atoms with van der Waals surface area (Å²) in [7, 11) is 0. The standard InChI is InChI=1S/C13H17N5O2/c1-2-3-7-20-13(19)10-5-4-6-11(8-10)18-12(9-14)15-16-17-18/h4-6,8H,2-3,7,9,14H2,1H3. The molecule has 0 radical (unpaired) electrons. The number of rotatable bonds is 6. The number of aromatic nitrogens is 4. The van der Waals surface area contributed by atoms with E-state index in [4.69, 9.17) is 10.5 Å². The molecule has 2 N–H and O–H groups in total. The number of carbonyl (C=O) groups is 1. The molecule has 0 saturated heterocycles. The zero-order chi connectivity index (χ0) is 14.4. The molecule has 0 amide bonds. The highest BCUT2D eigenvalue weighted by Gasteiger charge is 2.11. The summed E-state index contributed by atoms with van der Waals surface area (Å²) in [5.74, 6) is 0.184. The average molecular weight is 275 g/mol. The van der Waals surface area contributed by atoms with E-state index in [1.165, 1.54) is 4.68 Å². The number of tetrazole rings is 1. The van der Waals surface area contributed by atoms with Gasteiger partial charge in [0.15, 0.2) is 5.82 Å². The van der Waals surface area contributed by atoms with Gasteiger partial charge in [-0.15, -0.1) is 5.10 Å². The van der Waals surface area contributed by atoms with Crippen LogP contribution < -0.4 is 5.73 Å². The summed E-state index contributed by atoms with van der Waals surface area (Å²) in [5.41, 5.74) is 6.71. The molecule has 7 nitrogen and oxygen atoms in total. The fraction of sp³-hybridized carbons (Fsp3) is 0.385. The Hall–Kier alpha value is -2.28. The molecule has 0 unspecified atom stereocenters. The minimum Gasteiger partial charge on any atom is -0.462 e. The van der Waals surface area contributed by atoms with Crippen LogP contribution in [0.4, 0.5) is 0 Å². The molecule has 0 atom stereocenters. The van der Waals surface area contributed by atoms with E-state index in [1.54, 1.807) is 24.3 Å². The van der Waals surface area contributed by atoms with Crippen molar-refractivity contribution in [3.05, 3.63) is 35.7 Å². The van der Waals surface area contributed by atoms with E-state index in [2.05, 4.69) is 15.5 Å². The molecule has 1 aromatic carbocycles. The summed E-state index contributed by atoms with van der Waals surface area (Å²) < 4.78 is 6.68. The van der Waals surface area contributed by atoms with Gasteiger partial charge >= 0.3 is 5.97 Å². The zero-order valence-corrected chi connectivity index (χ0v) is 11.3. The van der Waals surface area contributed by atoms with Gasteiger partial charge in [-0.3, -0.25) is 0 Å². The van der Waals surface area contributed by atoms with Crippen molar-refractivity contribution in [2.45, 2.75) is 26.3 Å². The minimum absolute atomic E-state index is 0.220. The predicted octanol–water partition coefficient (Wildman–Crippen LogP) is 1.08. The highest BCUT2D eigenvalue weighted by Crippen LogP contribution is 2.12. The Morgan fingerprint density at radius 2 is 2.30 bits per heavy atom. The van der Waals surface area contributed by atoms with Crippen LogP contribution in [-0.4, -0.2) is 32.8 Å². The maximum Gasteiger partial charge on any atom is 0.338 e. The molecule has 0 aliphatic rings. The Morgan fingerprint density at radius 3 is 3.05 bits per heavy atom. The van der Waals surface area contributed by atoms with E-state index >= 15 is 0 Å². The molecule has 1 heterocycles. The number of unbranched alkanes of at least 4 members (excludes halogenated alkanes) is 1. The Kier molecular flexibility index (Phi) is 4.78. The molecule has 7 heteroatoms. The fourth-order valence-corrected chi connectivity index (χ4v) is 1.69. The number of esters is 1. The maximum absolute atomic E-state index is 11.9. The first kappa shape index (κ1) is 14.1. The van der Waals surface area contributed by atoms with Crippen molar-refractivity contribution in [1.82, 2.24) is 20.2 Å². The van der Waals surface area contributed by atoms with Gasteiger partial charge in [0.1, 0.15) is 0 Å². The van der Waals surface area contributed by atoms with Crippen molar-refractivity contribution in [3.63, 3.8) is 0 Å². The number of hydrogen-bond donors (Lipinski definition) is 1. The molecule has 0 spiro atoms. The molecule has 0 fully saturated rings. The first-order valence-electron chi connectivity index (χ1n) is 6.51. The number of nitrogens with two attached hydrogens (primary N) is 1. The zero-order valence-electron chi connectivity index (χ0n) is 11.3. The summed E-state index contributed by atoms with van der Waals surface area (Å²) in [5, 5.41) is 11.2. The van der Waals surface area contributed by atoms with Crippen LogP contribution in [0.1, 0.15) is 35.9 Å². The van der Waals surface area contributed by atoms with Crippen molar-refractivity contribution in [2.24, 2.45) is 5.73 Å². The van der Waals surface area contributed by atoms with Gasteiger partial charge in [0.25, 0.3) is 0 Å². The third-order valence-electron chi connectivity index (χ3n) is 2.77. The monoisotopic (exact) mass is 275 g/mol. The largest absolute Gasteiger partial charge is 0.462 e. The third kappa shape index (κ3) is 3.18. The highest BCUT2D eigenvalue weighted by atomic mass is 16.5. The normalized spacial score (nSPS) is 10.5. The smallest absolute Gasteiger partial charge is 0.338 e. The van der Waals surface area contributed by atoms with Crippen molar-refractivity contribution in [3.8, 4) is 5.69 Å². The van der Waals surface area contributed by atoms with E-state index in [-0.39, 0.29) is 12.5 Å². The molecule has 1 aromatic heterocycles. The number of carbonyl (C=O) groups excluding carboxylic acids is 1. The van der Waals surface area contributed by atoms with Crippen LogP contribution in [0.25, 0.3) is 5.69 Å². The van der Waals surface area contributed by atoms with Gasteiger partial charge in [0.05, 0.1) is 24.4 Å². The molecule has 0 saturated carbocycles. The van der Waals surface area contributed by atoms with Gasteiger partial charge < -0.3 is 10.5 Å². The first-order chi connectivity index (χ1) is 9.76. The second-order valence-electron chi connectivity index (χ2n) is 4.25. The lowest BCUT2D eigenvalue weighted by atomic mass is 10.2. The van der Waals surface area contributed by atoms with Crippen LogP contribution in [0.15, 0.2) is 24.3 Å². The fourth-order valence-electron chi connectivity index (χ4n) is 1.69. The first-order valence-corrected chi connectivity index (χ1v) is 6.51. The lowest BCUT2D eigenvalue weighted by Gasteiger charge is -2.06. The van der Waals surface area contributed by atoms with Crippen LogP contribution in [0, 0.1) is 0 Å². The molecule has 20 heavy (non-hydrogen) atoms. The van der Waals surface area contributed by atoms with Crippen molar-refractivity contribution in [2.75, 3.05) is 6.61 Å². The van der Waals surface area contributed by atoms with Gasteiger partial charge in [-0.1, -0.05) is 19.4 Å². The number of nitrogens with zero attached hydrogens (tertiary/aromatic N) is 4. The topological polar surface area (TPSA) is 95.9 Å². The lowest BCUT2D eigenvalue weighted by molar-refractivity contribution is 0.0499. The van der Waals surface area contributed by atoms with E-state index in [9.17, 15) is 4.79 Å². The molecule has 2 aromatic rings. The Morgan fingerprint density at radius 1 is 1.45 bits per heavy atom. The Bertz CT molecular complexity index is 582. The van der Waals surface area contributed by atoms with E-state index in [0.29, 0.717) is 23.7 Å². The van der Waals surface area contributed by atoms with Crippen LogP contribution >= 0.6 is 0 Å². The average Bonchev–Trinajstić information content (AvgIpc) is 2.96. The van der Waals surface area contributed by atoms with Crippen molar-refractivity contribution >= 4 is 5.97 Å². The third-order valence-corrected chi connectivity index (χ3v) is 2.77. The van der Waals surface area contributed by atoms with E-state index in [0.717, 1.165) is 12.8 Å². The molecular formula is C13H17N5O2. The second-order valence-corrected chi connectivity index (χ2v) is 4.25. The van der Waals surface area contributed by atoms with Crippen LogP contribution in [-0.2, 0) is 11.3 Å². The van der Waals surface area contributed by atoms with Gasteiger partial charge in [-0.25, -0.2) is 4.79 Å². The number of benzene rings is 1. The maximum atomic E-state index is 11.9. The van der Waals surface area contributed by atoms with Crippen LogP contribution in [0.5, 0.6) is 0 Å². The van der Waals surface area contributed by atoms with Crippen LogP contribution in [0.2, 0.25) is 0 Å². The Labute approximate surface area is 116 Å². The van der Waals surface area contributed by atoms with E-state index in [1.807, 2.05) is 6.92 Å². The van der Waals surface area contributed by atoms with Gasteiger partial charge in [0.2, 0.25) is 0 Å². The number of hydrogen-bond acceptors (Lipinski definition) is 6. The summed E-state index contributed by atoms with van der Waals surface area (Å²) in [6.07, 6.45) is 1.84. The quantitative estimate of drug-likeness (QED) is 0.626. The number of ether oxygens (including phenoxy) is 1. The lowest BCUT2D eigenvalue weighted by Crippen LogP contribution is -2.10. The minimum atomic E-state index is -0.345. The Balaban J connectivity index is 2.18. The molecule has 106 valence electrons. The van der Waals surface area contributed by atoms with E-state index < -0.39 is 0 Å². The molecular weight excluding hydrogens is 258 g/mol. The molecule has 0 bridgehead atoms. The molecule has 2 rings (SSSR count). The summed E-state index contributed by atoms with van der Waals surface area (Å²) in [6, 6.07) is 6.94. The SMILES string of the molecule is CCCCOC(=O)c1cccc(-n2nnnc2CN)c1. The summed E-state index contributed by atoms with van der Waals surface area (Å²) in [6.45, 7) is 2.69. The van der Waals surface area contributed by atoms with Crippen molar-refractivity contribution in [1.29, 1.82) is 0 Å². The molecule has 0 aliphatic carbocycles. The summed E-state index contributed by atoms with van der Waals surface area (Å²) >= 11 is 0. The van der Waals surface area contributed by atoms with Crippen LogP contribution in [0.3, 0.4) is 0 Å². The predicted molar refractivity (Wildman–Crippen MR) is 72.2 cm³/mol. The van der Waals surface area contributed by atoms with Crippen molar-refractivity contribution < 1.29 is 9.53 Å². The highest BCUT2D eigenvalue weighted by molar-refractivity contribution is 5.90. The summed E-state index contributed by atoms with van der Waals surface area (Å²) in [4.78, 5) is 11.9. The second kappa shape index (κ2) is 6.76. The molecule has 0 aliphatic heterocycles. The van der Waals surface area contributed by atoms with Gasteiger partial charge in [-0.05, 0) is 35.0 Å².